The van der Waals surface area contributed by atoms with Crippen molar-refractivity contribution < 1.29 is 13.9 Å². The lowest BCUT2D eigenvalue weighted by Crippen LogP contribution is -2.10. The first kappa shape index (κ1) is 16.5. The molecule has 0 aliphatic heterocycles. The first-order valence-corrected chi connectivity index (χ1v) is 7.59. The summed E-state index contributed by atoms with van der Waals surface area (Å²) in [5, 5.41) is 8.71. The predicted octanol–water partition coefficient (Wildman–Crippen LogP) is 3.04. The van der Waals surface area contributed by atoms with Crippen molar-refractivity contribution in [2.24, 2.45) is 0 Å². The molecule has 2 heterocycles. The summed E-state index contributed by atoms with van der Waals surface area (Å²) in [6, 6.07) is 9.47. The molecule has 6 nitrogen and oxygen atoms in total. The van der Waals surface area contributed by atoms with Gasteiger partial charge in [0.05, 0.1) is 11.6 Å². The first-order valence-electron chi connectivity index (χ1n) is 7.59. The van der Waals surface area contributed by atoms with Crippen LogP contribution in [0.15, 0.2) is 48.9 Å². The van der Waals surface area contributed by atoms with Gasteiger partial charge in [-0.15, -0.1) is 0 Å². The lowest BCUT2D eigenvalue weighted by Gasteiger charge is -2.10. The number of ether oxygens (including phenoxy) is 2. The van der Waals surface area contributed by atoms with Crippen LogP contribution in [-0.2, 0) is 0 Å². The lowest BCUT2D eigenvalue weighted by molar-refractivity contribution is 0.211. The Morgan fingerprint density at radius 3 is 2.68 bits per heavy atom. The van der Waals surface area contributed by atoms with Crippen molar-refractivity contribution in [2.45, 2.75) is 6.92 Å². The Morgan fingerprint density at radius 2 is 1.96 bits per heavy atom. The Labute approximate surface area is 144 Å². The maximum atomic E-state index is 13.7. The lowest BCUT2D eigenvalue weighted by atomic mass is 10.2. The third-order valence-corrected chi connectivity index (χ3v) is 3.46. The molecule has 1 aromatic carbocycles. The maximum absolute atomic E-state index is 13.7. The Bertz CT molecular complexity index is 917. The highest BCUT2D eigenvalue weighted by molar-refractivity contribution is 5.36. The second-order valence-electron chi connectivity index (χ2n) is 5.15. The predicted molar refractivity (Wildman–Crippen MR) is 88.2 cm³/mol. The summed E-state index contributed by atoms with van der Waals surface area (Å²) < 4.78 is 26.5. The van der Waals surface area contributed by atoms with Crippen molar-refractivity contribution in [3.05, 3.63) is 66.1 Å². The van der Waals surface area contributed by atoms with Gasteiger partial charge in [0.15, 0.2) is 11.6 Å². The minimum atomic E-state index is -0.569. The quantitative estimate of drug-likeness (QED) is 0.646. The summed E-state index contributed by atoms with van der Waals surface area (Å²) >= 11 is 0. The van der Waals surface area contributed by atoms with Crippen LogP contribution in [0.5, 0.6) is 11.5 Å². The van der Waals surface area contributed by atoms with Crippen LogP contribution in [0.3, 0.4) is 0 Å². The zero-order chi connectivity index (χ0) is 17.6. The Kier molecular flexibility index (Phi) is 4.90. The molecule has 0 spiro atoms. The van der Waals surface area contributed by atoms with Crippen LogP contribution in [0.25, 0.3) is 5.82 Å². The van der Waals surface area contributed by atoms with E-state index in [1.54, 1.807) is 24.5 Å². The summed E-state index contributed by atoms with van der Waals surface area (Å²) in [5.41, 5.74) is 0.250. The van der Waals surface area contributed by atoms with Gasteiger partial charge in [-0.25, -0.2) is 14.4 Å². The largest absolute Gasteiger partial charge is 0.490 e. The highest BCUT2D eigenvalue weighted by atomic mass is 19.1. The highest BCUT2D eigenvalue weighted by Crippen LogP contribution is 2.18. The van der Waals surface area contributed by atoms with Crippen molar-refractivity contribution in [2.75, 3.05) is 13.2 Å². The van der Waals surface area contributed by atoms with E-state index in [9.17, 15) is 4.39 Å². The summed E-state index contributed by atoms with van der Waals surface area (Å²) in [4.78, 5) is 8.44. The molecule has 0 saturated carbocycles. The SMILES string of the molecule is Cc1nccn1-c1cc(OCCOc2ccc(C#N)cc2F)ccn1. The van der Waals surface area contributed by atoms with Gasteiger partial charge in [0.1, 0.15) is 30.6 Å². The van der Waals surface area contributed by atoms with Crippen LogP contribution >= 0.6 is 0 Å². The number of benzene rings is 1. The van der Waals surface area contributed by atoms with Gasteiger partial charge in [0.25, 0.3) is 0 Å². The Balaban J connectivity index is 1.56. The molecule has 7 heteroatoms. The Morgan fingerprint density at radius 1 is 1.12 bits per heavy atom. The number of hydrogen-bond acceptors (Lipinski definition) is 5. The van der Waals surface area contributed by atoms with Gasteiger partial charge in [-0.3, -0.25) is 4.57 Å². The minimum Gasteiger partial charge on any atom is -0.490 e. The first-order chi connectivity index (χ1) is 12.2. The van der Waals surface area contributed by atoms with Crippen molar-refractivity contribution in [1.29, 1.82) is 5.26 Å². The second kappa shape index (κ2) is 7.45. The number of pyridine rings is 1. The maximum Gasteiger partial charge on any atom is 0.166 e. The number of hydrogen-bond donors (Lipinski definition) is 0. The number of nitrogens with zero attached hydrogens (tertiary/aromatic N) is 4. The molecule has 0 N–H and O–H groups in total. The van der Waals surface area contributed by atoms with Crippen LogP contribution in [0.1, 0.15) is 11.4 Å². The van der Waals surface area contributed by atoms with E-state index in [0.717, 1.165) is 11.9 Å². The van der Waals surface area contributed by atoms with Gasteiger partial charge in [0.2, 0.25) is 0 Å². The van der Waals surface area contributed by atoms with E-state index in [1.807, 2.05) is 23.8 Å². The molecule has 0 fully saturated rings. The van der Waals surface area contributed by atoms with Crippen LogP contribution in [0.4, 0.5) is 4.39 Å². The van der Waals surface area contributed by atoms with Crippen LogP contribution in [0.2, 0.25) is 0 Å². The number of nitriles is 1. The van der Waals surface area contributed by atoms with Gasteiger partial charge >= 0.3 is 0 Å². The molecule has 0 amide bonds. The van der Waals surface area contributed by atoms with Crippen molar-refractivity contribution >= 4 is 0 Å². The molecule has 2 aromatic heterocycles. The fourth-order valence-electron chi connectivity index (χ4n) is 2.24. The van der Waals surface area contributed by atoms with Crippen LogP contribution < -0.4 is 9.47 Å². The molecule has 25 heavy (non-hydrogen) atoms. The third-order valence-electron chi connectivity index (χ3n) is 3.46. The van der Waals surface area contributed by atoms with E-state index in [-0.39, 0.29) is 24.5 Å². The fourth-order valence-corrected chi connectivity index (χ4v) is 2.24. The molecule has 0 bridgehead atoms. The van der Waals surface area contributed by atoms with Gasteiger partial charge in [0, 0.05) is 24.7 Å². The molecule has 0 aliphatic rings. The molecule has 0 aliphatic carbocycles. The fraction of sp³-hybridized carbons (Fsp3) is 0.167. The molecule has 126 valence electrons. The molecule has 3 rings (SSSR count). The van der Waals surface area contributed by atoms with Gasteiger partial charge in [-0.2, -0.15) is 5.26 Å². The van der Waals surface area contributed by atoms with Crippen molar-refractivity contribution in [3.8, 4) is 23.4 Å². The average molecular weight is 338 g/mol. The molecule has 0 unspecified atom stereocenters. The minimum absolute atomic E-state index is 0.0899. The van der Waals surface area contributed by atoms with Crippen molar-refractivity contribution in [3.63, 3.8) is 0 Å². The molecular weight excluding hydrogens is 323 g/mol. The number of aromatic nitrogens is 3. The topological polar surface area (TPSA) is 73.0 Å². The summed E-state index contributed by atoms with van der Waals surface area (Å²) in [6.45, 7) is 2.30. The molecule has 0 atom stereocenters. The Hall–Kier alpha value is -3.40. The van der Waals surface area contributed by atoms with Crippen LogP contribution in [0, 0.1) is 24.1 Å². The smallest absolute Gasteiger partial charge is 0.166 e. The van der Waals surface area contributed by atoms with E-state index in [2.05, 4.69) is 9.97 Å². The second-order valence-corrected chi connectivity index (χ2v) is 5.15. The van der Waals surface area contributed by atoms with E-state index >= 15 is 0 Å². The highest BCUT2D eigenvalue weighted by Gasteiger charge is 2.06. The molecule has 3 aromatic rings. The number of aryl methyl sites for hydroxylation is 1. The number of halogens is 1. The van der Waals surface area contributed by atoms with Gasteiger partial charge in [-0.1, -0.05) is 0 Å². The normalized spacial score (nSPS) is 10.3. The number of rotatable bonds is 6. The summed E-state index contributed by atoms with van der Waals surface area (Å²) in [7, 11) is 0. The van der Waals surface area contributed by atoms with E-state index in [0.29, 0.717) is 11.6 Å². The zero-order valence-electron chi connectivity index (χ0n) is 13.5. The third kappa shape index (κ3) is 3.93. The van der Waals surface area contributed by atoms with E-state index < -0.39 is 5.82 Å². The van der Waals surface area contributed by atoms with Gasteiger partial charge < -0.3 is 9.47 Å². The van der Waals surface area contributed by atoms with Gasteiger partial charge in [-0.05, 0) is 31.2 Å². The van der Waals surface area contributed by atoms with Crippen molar-refractivity contribution in [1.82, 2.24) is 14.5 Å². The molecule has 0 saturated heterocycles. The molecule has 0 radical (unpaired) electrons. The van der Waals surface area contributed by atoms with E-state index in [1.165, 1.54) is 12.1 Å². The van der Waals surface area contributed by atoms with E-state index in [4.69, 9.17) is 14.7 Å². The number of imidazole rings is 1. The average Bonchev–Trinajstić information content (AvgIpc) is 3.06. The summed E-state index contributed by atoms with van der Waals surface area (Å²) in [6.07, 6.45) is 5.16. The molecular formula is C18H15FN4O2. The standard InChI is InChI=1S/C18H15FN4O2/c1-13-21-6-7-23(13)18-11-15(4-5-22-18)24-8-9-25-17-3-2-14(12-20)10-16(17)19/h2-7,10-11H,8-9H2,1H3. The van der Waals surface area contributed by atoms with Crippen LogP contribution in [-0.4, -0.2) is 27.7 Å². The summed E-state index contributed by atoms with van der Waals surface area (Å²) in [5.74, 6) is 1.67. The monoisotopic (exact) mass is 338 g/mol. The zero-order valence-corrected chi connectivity index (χ0v) is 13.5.